The third-order valence-electron chi connectivity index (χ3n) is 7.95. The second-order valence-corrected chi connectivity index (χ2v) is 9.71. The van der Waals surface area contributed by atoms with E-state index in [1.807, 2.05) is 41.3 Å². The monoisotopic (exact) mass is 459 g/mol. The molecule has 3 atom stereocenters. The lowest BCUT2D eigenvalue weighted by atomic mass is 9.70. The first-order chi connectivity index (χ1) is 17.2. The van der Waals surface area contributed by atoms with Crippen molar-refractivity contribution in [3.05, 3.63) is 131 Å². The van der Waals surface area contributed by atoms with Gasteiger partial charge in [-0.1, -0.05) is 97.1 Å². The maximum Gasteiger partial charge on any atom is 0.238 e. The number of nitrogens with zero attached hydrogens (tertiary/aromatic N) is 1. The number of amides is 1. The number of carbonyl (C=O) groups is 1. The number of hydrogen-bond acceptors (Lipinski definition) is 2. The summed E-state index contributed by atoms with van der Waals surface area (Å²) in [7, 11) is 1.72. The number of hydrogen-bond donors (Lipinski definition) is 0. The molecule has 1 aliphatic heterocycles. The molecule has 1 spiro atoms. The molecule has 0 bridgehead atoms. The fraction of sp³-hybridized carbons (Fsp3) is 0.219. The minimum atomic E-state index is -0.624. The van der Waals surface area contributed by atoms with Crippen molar-refractivity contribution in [2.75, 3.05) is 12.0 Å². The Morgan fingerprint density at radius 3 is 2.26 bits per heavy atom. The van der Waals surface area contributed by atoms with Crippen LogP contribution in [0.1, 0.15) is 46.9 Å². The first kappa shape index (κ1) is 21.7. The summed E-state index contributed by atoms with van der Waals surface area (Å²) in [6.45, 7) is 0.576. The Kier molecular flexibility index (Phi) is 5.41. The summed E-state index contributed by atoms with van der Waals surface area (Å²) in [6, 6.07) is 37.6. The molecule has 35 heavy (non-hydrogen) atoms. The predicted octanol–water partition coefficient (Wildman–Crippen LogP) is 6.84. The van der Waals surface area contributed by atoms with E-state index >= 15 is 0 Å². The van der Waals surface area contributed by atoms with Crippen LogP contribution in [0, 0.1) is 0 Å². The number of rotatable bonds is 5. The minimum Gasteiger partial charge on any atom is -0.496 e. The molecule has 0 radical (unpaired) electrons. The van der Waals surface area contributed by atoms with Crippen LogP contribution in [0.5, 0.6) is 5.75 Å². The van der Waals surface area contributed by atoms with E-state index in [0.717, 1.165) is 41.0 Å². The van der Waals surface area contributed by atoms with E-state index in [4.69, 9.17) is 4.74 Å². The molecule has 1 heterocycles. The van der Waals surface area contributed by atoms with Crippen LogP contribution in [0.15, 0.2) is 109 Å². The molecule has 1 saturated carbocycles. The largest absolute Gasteiger partial charge is 0.496 e. The lowest BCUT2D eigenvalue weighted by Crippen LogP contribution is -2.42. The summed E-state index contributed by atoms with van der Waals surface area (Å²) in [5.74, 6) is 1.38. The van der Waals surface area contributed by atoms with E-state index in [2.05, 4.69) is 72.8 Å². The van der Waals surface area contributed by atoms with Crippen molar-refractivity contribution in [2.45, 2.75) is 36.6 Å². The van der Waals surface area contributed by atoms with Gasteiger partial charge in [-0.3, -0.25) is 4.79 Å². The van der Waals surface area contributed by atoms with Gasteiger partial charge in [0.25, 0.3) is 0 Å². The van der Waals surface area contributed by atoms with Crippen molar-refractivity contribution in [1.82, 2.24) is 0 Å². The first-order valence-corrected chi connectivity index (χ1v) is 12.4. The summed E-state index contributed by atoms with van der Waals surface area (Å²) >= 11 is 0. The van der Waals surface area contributed by atoms with Crippen LogP contribution >= 0.6 is 0 Å². The molecule has 2 aliphatic rings. The van der Waals surface area contributed by atoms with E-state index in [1.165, 1.54) is 5.56 Å². The maximum atomic E-state index is 14.6. The number of para-hydroxylation sites is 2. The predicted molar refractivity (Wildman–Crippen MR) is 140 cm³/mol. The van der Waals surface area contributed by atoms with Crippen LogP contribution < -0.4 is 9.64 Å². The minimum absolute atomic E-state index is 0.0262. The lowest BCUT2D eigenvalue weighted by molar-refractivity contribution is -0.123. The van der Waals surface area contributed by atoms with E-state index in [1.54, 1.807) is 7.11 Å². The van der Waals surface area contributed by atoms with Gasteiger partial charge in [-0.15, -0.1) is 0 Å². The van der Waals surface area contributed by atoms with Crippen LogP contribution in [0.2, 0.25) is 0 Å². The van der Waals surface area contributed by atoms with Crippen molar-refractivity contribution in [2.24, 2.45) is 0 Å². The van der Waals surface area contributed by atoms with Crippen LogP contribution in [-0.2, 0) is 16.8 Å². The molecule has 1 fully saturated rings. The zero-order chi connectivity index (χ0) is 23.8. The summed E-state index contributed by atoms with van der Waals surface area (Å²) in [5, 5.41) is 0. The maximum absolute atomic E-state index is 14.6. The van der Waals surface area contributed by atoms with E-state index in [0.29, 0.717) is 12.5 Å². The molecule has 0 N–H and O–H groups in total. The molecule has 6 rings (SSSR count). The van der Waals surface area contributed by atoms with Crippen molar-refractivity contribution in [1.29, 1.82) is 0 Å². The van der Waals surface area contributed by atoms with Gasteiger partial charge < -0.3 is 9.64 Å². The zero-order valence-electron chi connectivity index (χ0n) is 19.9. The summed E-state index contributed by atoms with van der Waals surface area (Å²) in [5.41, 5.74) is 5.12. The fourth-order valence-corrected chi connectivity index (χ4v) is 6.43. The van der Waals surface area contributed by atoms with E-state index in [9.17, 15) is 4.79 Å². The number of fused-ring (bicyclic) bond motifs is 2. The van der Waals surface area contributed by atoms with Gasteiger partial charge in [0, 0.05) is 11.6 Å². The Labute approximate surface area is 207 Å². The highest BCUT2D eigenvalue weighted by molar-refractivity contribution is 6.09. The standard InChI is InChI=1S/C32H29NO2/c1-35-30-19-11-8-16-26(30)28-20-25(24-14-6-3-7-15-24)21-32(28)27-17-9-10-18-29(27)33(31(32)34)22-23-12-4-2-5-13-23/h2-19,25,28H,20-22H2,1H3/t25-,28-,32+/m1/s1. The van der Waals surface area contributed by atoms with E-state index < -0.39 is 5.41 Å². The second kappa shape index (κ2) is 8.74. The highest BCUT2D eigenvalue weighted by Gasteiger charge is 2.60. The molecule has 174 valence electrons. The normalized spacial score (nSPS) is 23.0. The van der Waals surface area contributed by atoms with Gasteiger partial charge in [0.05, 0.1) is 19.1 Å². The Morgan fingerprint density at radius 1 is 0.829 bits per heavy atom. The Hall–Kier alpha value is -3.85. The van der Waals surface area contributed by atoms with Crippen LogP contribution in [0.4, 0.5) is 5.69 Å². The average molecular weight is 460 g/mol. The smallest absolute Gasteiger partial charge is 0.238 e. The van der Waals surface area contributed by atoms with Crippen LogP contribution in [0.25, 0.3) is 0 Å². The number of carbonyl (C=O) groups excluding carboxylic acids is 1. The van der Waals surface area contributed by atoms with Gasteiger partial charge in [-0.25, -0.2) is 0 Å². The Balaban J connectivity index is 1.52. The zero-order valence-corrected chi connectivity index (χ0v) is 19.9. The Bertz CT molecular complexity index is 1350. The molecule has 4 aromatic rings. The molecule has 4 aromatic carbocycles. The molecular formula is C32H29NO2. The lowest BCUT2D eigenvalue weighted by Gasteiger charge is -2.32. The summed E-state index contributed by atoms with van der Waals surface area (Å²) in [6.07, 6.45) is 1.70. The first-order valence-electron chi connectivity index (χ1n) is 12.4. The van der Waals surface area contributed by atoms with Crippen molar-refractivity contribution >= 4 is 11.6 Å². The van der Waals surface area contributed by atoms with Crippen LogP contribution in [-0.4, -0.2) is 13.0 Å². The quantitative estimate of drug-likeness (QED) is 0.327. The second-order valence-electron chi connectivity index (χ2n) is 9.71. The molecular weight excluding hydrogens is 430 g/mol. The van der Waals surface area contributed by atoms with Crippen LogP contribution in [0.3, 0.4) is 0 Å². The third-order valence-corrected chi connectivity index (χ3v) is 7.95. The highest BCUT2D eigenvalue weighted by Crippen LogP contribution is 2.62. The van der Waals surface area contributed by atoms with Gasteiger partial charge in [0.15, 0.2) is 0 Å². The van der Waals surface area contributed by atoms with Gasteiger partial charge in [0.2, 0.25) is 5.91 Å². The van der Waals surface area contributed by atoms with E-state index in [-0.39, 0.29) is 11.8 Å². The third kappa shape index (κ3) is 3.46. The summed E-state index contributed by atoms with van der Waals surface area (Å²) in [4.78, 5) is 16.7. The van der Waals surface area contributed by atoms with Gasteiger partial charge >= 0.3 is 0 Å². The Morgan fingerprint density at radius 2 is 1.49 bits per heavy atom. The van der Waals surface area contributed by atoms with Crippen molar-refractivity contribution in [3.63, 3.8) is 0 Å². The van der Waals surface area contributed by atoms with Gasteiger partial charge in [-0.2, -0.15) is 0 Å². The molecule has 3 nitrogen and oxygen atoms in total. The highest BCUT2D eigenvalue weighted by atomic mass is 16.5. The number of anilines is 1. The van der Waals surface area contributed by atoms with Crippen molar-refractivity contribution < 1.29 is 9.53 Å². The number of methoxy groups -OCH3 is 1. The molecule has 3 heteroatoms. The summed E-state index contributed by atoms with van der Waals surface area (Å²) < 4.78 is 5.82. The van der Waals surface area contributed by atoms with Gasteiger partial charge in [-0.05, 0) is 53.1 Å². The molecule has 1 aliphatic carbocycles. The average Bonchev–Trinajstić information content (AvgIpc) is 3.43. The molecule has 1 amide bonds. The number of benzene rings is 4. The SMILES string of the molecule is COc1ccccc1[C@H]1C[C@@H](c2ccccc2)C[C@@]12C(=O)N(Cc1ccccc1)c1ccccc12. The topological polar surface area (TPSA) is 29.5 Å². The molecule has 0 unspecified atom stereocenters. The number of ether oxygens (including phenoxy) is 1. The van der Waals surface area contributed by atoms with Gasteiger partial charge in [0.1, 0.15) is 5.75 Å². The fourth-order valence-electron chi connectivity index (χ4n) is 6.43. The molecule has 0 aromatic heterocycles. The molecule has 0 saturated heterocycles. The van der Waals surface area contributed by atoms with Crippen molar-refractivity contribution in [3.8, 4) is 5.75 Å².